The van der Waals surface area contributed by atoms with Crippen LogP contribution in [0.3, 0.4) is 0 Å². The minimum Gasteiger partial charge on any atom is -0.480 e. The summed E-state index contributed by atoms with van der Waals surface area (Å²) in [5, 5.41) is 8.94. The van der Waals surface area contributed by atoms with Crippen molar-refractivity contribution in [1.82, 2.24) is 4.90 Å². The van der Waals surface area contributed by atoms with E-state index >= 15 is 0 Å². The zero-order valence-electron chi connectivity index (χ0n) is 12.5. The molecule has 0 spiro atoms. The third kappa shape index (κ3) is 6.05. The van der Waals surface area contributed by atoms with Gasteiger partial charge in [0.15, 0.2) is 0 Å². The number of benzene rings is 1. The van der Waals surface area contributed by atoms with E-state index in [1.165, 1.54) is 29.2 Å². The zero-order chi connectivity index (χ0) is 16.5. The van der Waals surface area contributed by atoms with Crippen molar-refractivity contribution in [1.29, 1.82) is 0 Å². The Balaban J connectivity index is 2.73. The van der Waals surface area contributed by atoms with E-state index < -0.39 is 24.5 Å². The van der Waals surface area contributed by atoms with Crippen molar-refractivity contribution in [2.75, 3.05) is 13.2 Å². The van der Waals surface area contributed by atoms with Crippen LogP contribution in [0.5, 0.6) is 0 Å². The number of carboxylic acid groups (broad SMARTS) is 1. The molecule has 1 N–H and O–H groups in total. The second-order valence-corrected chi connectivity index (χ2v) is 4.80. The molecular formula is C16H20FNO4. The van der Waals surface area contributed by atoms with Crippen LogP contribution >= 0.6 is 0 Å². The Morgan fingerprint density at radius 3 is 2.59 bits per heavy atom. The van der Waals surface area contributed by atoms with Crippen molar-refractivity contribution in [2.45, 2.75) is 26.0 Å². The lowest BCUT2D eigenvalue weighted by Gasteiger charge is -2.24. The molecular weight excluding hydrogens is 289 g/mol. The van der Waals surface area contributed by atoms with Crippen LogP contribution in [0.1, 0.15) is 18.9 Å². The third-order valence-corrected chi connectivity index (χ3v) is 2.96. The molecule has 0 aliphatic rings. The highest BCUT2D eigenvalue weighted by atomic mass is 19.1. The van der Waals surface area contributed by atoms with Crippen molar-refractivity contribution >= 4 is 11.9 Å². The summed E-state index contributed by atoms with van der Waals surface area (Å²) in [4.78, 5) is 24.4. The van der Waals surface area contributed by atoms with Gasteiger partial charge in [0.2, 0.25) is 0 Å². The standard InChI is InChI=1S/C16H20FNO4/c1-3-4-9-22-12(2)16(21)18(11-15(19)20)10-13-5-7-14(17)8-6-13/h3,5-8,12H,1,4,9-11H2,2H3,(H,19,20). The van der Waals surface area contributed by atoms with Gasteiger partial charge in [-0.2, -0.15) is 0 Å². The lowest BCUT2D eigenvalue weighted by atomic mass is 10.2. The largest absolute Gasteiger partial charge is 0.480 e. The third-order valence-electron chi connectivity index (χ3n) is 2.96. The van der Waals surface area contributed by atoms with E-state index in [1.807, 2.05) is 0 Å². The second kappa shape index (κ2) is 8.94. The van der Waals surface area contributed by atoms with Crippen molar-refractivity contribution in [3.05, 3.63) is 48.3 Å². The number of aliphatic carboxylic acids is 1. The van der Waals surface area contributed by atoms with Gasteiger partial charge in [-0.05, 0) is 31.0 Å². The molecule has 1 atom stereocenters. The molecule has 1 aromatic carbocycles. The fraction of sp³-hybridized carbons (Fsp3) is 0.375. The summed E-state index contributed by atoms with van der Waals surface area (Å²) in [5.74, 6) is -1.93. The fourth-order valence-corrected chi connectivity index (χ4v) is 1.84. The van der Waals surface area contributed by atoms with Gasteiger partial charge in [0, 0.05) is 6.54 Å². The van der Waals surface area contributed by atoms with E-state index in [2.05, 4.69) is 6.58 Å². The van der Waals surface area contributed by atoms with Crippen LogP contribution in [0.2, 0.25) is 0 Å². The number of ether oxygens (including phenoxy) is 1. The number of nitrogens with zero attached hydrogens (tertiary/aromatic N) is 1. The number of carboxylic acids is 1. The van der Waals surface area contributed by atoms with Gasteiger partial charge in [-0.25, -0.2) is 4.39 Å². The van der Waals surface area contributed by atoms with Crippen LogP contribution in [0.4, 0.5) is 4.39 Å². The topological polar surface area (TPSA) is 66.8 Å². The van der Waals surface area contributed by atoms with Crippen LogP contribution in [0, 0.1) is 5.82 Å². The van der Waals surface area contributed by atoms with Gasteiger partial charge >= 0.3 is 5.97 Å². The normalized spacial score (nSPS) is 11.7. The van der Waals surface area contributed by atoms with E-state index in [9.17, 15) is 14.0 Å². The number of carbonyl (C=O) groups is 2. The molecule has 0 aliphatic carbocycles. The van der Waals surface area contributed by atoms with Crippen molar-refractivity contribution < 1.29 is 23.8 Å². The van der Waals surface area contributed by atoms with E-state index in [0.717, 1.165) is 0 Å². The zero-order valence-corrected chi connectivity index (χ0v) is 12.5. The van der Waals surface area contributed by atoms with Crippen molar-refractivity contribution in [3.8, 4) is 0 Å². The van der Waals surface area contributed by atoms with Gasteiger partial charge in [-0.15, -0.1) is 6.58 Å². The Morgan fingerprint density at radius 1 is 1.41 bits per heavy atom. The van der Waals surface area contributed by atoms with Gasteiger partial charge in [0.25, 0.3) is 5.91 Å². The van der Waals surface area contributed by atoms with Crippen LogP contribution in [0.25, 0.3) is 0 Å². The molecule has 120 valence electrons. The van der Waals surface area contributed by atoms with E-state index in [4.69, 9.17) is 9.84 Å². The first-order chi connectivity index (χ1) is 10.4. The van der Waals surface area contributed by atoms with E-state index in [-0.39, 0.29) is 12.4 Å². The molecule has 0 saturated heterocycles. The fourth-order valence-electron chi connectivity index (χ4n) is 1.84. The van der Waals surface area contributed by atoms with Crippen LogP contribution in [-0.4, -0.2) is 41.1 Å². The average molecular weight is 309 g/mol. The van der Waals surface area contributed by atoms with Gasteiger partial charge in [0.05, 0.1) is 6.61 Å². The quantitative estimate of drug-likeness (QED) is 0.561. The summed E-state index contributed by atoms with van der Waals surface area (Å²) < 4.78 is 18.2. The molecule has 22 heavy (non-hydrogen) atoms. The summed E-state index contributed by atoms with van der Waals surface area (Å²) in [6.07, 6.45) is 1.53. The van der Waals surface area contributed by atoms with Crippen LogP contribution < -0.4 is 0 Å². The predicted octanol–water partition coefficient (Wildman–Crippen LogP) is 2.22. The number of rotatable bonds is 9. The molecule has 1 unspecified atom stereocenters. The first kappa shape index (κ1) is 17.8. The molecule has 0 radical (unpaired) electrons. The number of hydrogen-bond acceptors (Lipinski definition) is 3. The Bertz CT molecular complexity index is 515. The number of amides is 1. The molecule has 0 heterocycles. The SMILES string of the molecule is C=CCCOC(C)C(=O)N(CC(=O)O)Cc1ccc(F)cc1. The monoisotopic (exact) mass is 309 g/mol. The highest BCUT2D eigenvalue weighted by Crippen LogP contribution is 2.09. The Labute approximate surface area is 129 Å². The molecule has 0 bridgehead atoms. The maximum Gasteiger partial charge on any atom is 0.323 e. The van der Waals surface area contributed by atoms with Gasteiger partial charge in [-0.3, -0.25) is 9.59 Å². The van der Waals surface area contributed by atoms with Crippen molar-refractivity contribution in [3.63, 3.8) is 0 Å². The first-order valence-electron chi connectivity index (χ1n) is 6.91. The lowest BCUT2D eigenvalue weighted by Crippen LogP contribution is -2.41. The highest BCUT2D eigenvalue weighted by molar-refractivity contribution is 5.84. The molecule has 0 saturated carbocycles. The Morgan fingerprint density at radius 2 is 2.05 bits per heavy atom. The summed E-state index contributed by atoms with van der Waals surface area (Å²) in [6.45, 7) is 5.12. The number of halogens is 1. The van der Waals surface area contributed by atoms with Gasteiger partial charge in [0.1, 0.15) is 18.5 Å². The van der Waals surface area contributed by atoms with Gasteiger partial charge in [-0.1, -0.05) is 18.2 Å². The van der Waals surface area contributed by atoms with Gasteiger partial charge < -0.3 is 14.7 Å². The summed E-state index contributed by atoms with van der Waals surface area (Å²) >= 11 is 0. The number of carbonyl (C=O) groups excluding carboxylic acids is 1. The second-order valence-electron chi connectivity index (χ2n) is 4.80. The Hall–Kier alpha value is -2.21. The van der Waals surface area contributed by atoms with E-state index in [1.54, 1.807) is 13.0 Å². The summed E-state index contributed by atoms with van der Waals surface area (Å²) in [5.41, 5.74) is 0.647. The summed E-state index contributed by atoms with van der Waals surface area (Å²) in [7, 11) is 0. The van der Waals surface area contributed by atoms with Crippen LogP contribution in [0.15, 0.2) is 36.9 Å². The minimum atomic E-state index is -1.12. The molecule has 5 nitrogen and oxygen atoms in total. The molecule has 0 aromatic heterocycles. The Kier molecular flexibility index (Phi) is 7.25. The molecule has 1 aromatic rings. The lowest BCUT2D eigenvalue weighted by molar-refractivity contribution is -0.150. The molecule has 0 aliphatic heterocycles. The minimum absolute atomic E-state index is 0.0839. The summed E-state index contributed by atoms with van der Waals surface area (Å²) in [6, 6.07) is 5.56. The first-order valence-corrected chi connectivity index (χ1v) is 6.91. The molecule has 0 fully saturated rings. The smallest absolute Gasteiger partial charge is 0.323 e. The molecule has 1 rings (SSSR count). The average Bonchev–Trinajstić information content (AvgIpc) is 2.47. The molecule has 6 heteroatoms. The predicted molar refractivity (Wildman–Crippen MR) is 79.7 cm³/mol. The van der Waals surface area contributed by atoms with Crippen LogP contribution in [-0.2, 0) is 20.9 Å². The van der Waals surface area contributed by atoms with E-state index in [0.29, 0.717) is 18.6 Å². The molecule has 1 amide bonds. The number of hydrogen-bond donors (Lipinski definition) is 1. The maximum atomic E-state index is 12.9. The van der Waals surface area contributed by atoms with Crippen molar-refractivity contribution in [2.24, 2.45) is 0 Å². The highest BCUT2D eigenvalue weighted by Gasteiger charge is 2.23. The maximum absolute atomic E-state index is 12.9.